The van der Waals surface area contributed by atoms with E-state index in [1.165, 1.54) is 0 Å². The van der Waals surface area contributed by atoms with Gasteiger partial charge in [-0.25, -0.2) is 19.6 Å². The van der Waals surface area contributed by atoms with Crippen LogP contribution in [0.3, 0.4) is 0 Å². The van der Waals surface area contributed by atoms with Crippen molar-refractivity contribution in [3.05, 3.63) is 0 Å². The molecule has 0 aromatic heterocycles. The van der Waals surface area contributed by atoms with Crippen LogP contribution >= 0.6 is 0 Å². The Morgan fingerprint density at radius 1 is 0.750 bits per heavy atom. The number of unbranched alkanes of at least 4 members (excludes halogenated alkanes) is 2. The van der Waals surface area contributed by atoms with Crippen molar-refractivity contribution in [2.45, 2.75) is 79.4 Å². The van der Waals surface area contributed by atoms with Crippen LogP contribution in [0.25, 0.3) is 0 Å². The molecule has 1 unspecified atom stereocenters. The Balaban J connectivity index is 4.00. The van der Waals surface area contributed by atoms with Gasteiger partial charge in [-0.1, -0.05) is 53.9 Å². The van der Waals surface area contributed by atoms with Crippen LogP contribution in [0.2, 0.25) is 0 Å². The van der Waals surface area contributed by atoms with E-state index in [0.29, 0.717) is 19.1 Å². The first-order valence-corrected chi connectivity index (χ1v) is 8.18. The second-order valence-electron chi connectivity index (χ2n) is 5.86. The maximum absolute atomic E-state index is 5.37. The molecule has 0 N–H and O–H groups in total. The lowest BCUT2D eigenvalue weighted by Gasteiger charge is -2.22. The SMILES string of the molecule is CCCCOOC(OOCCCC)C(C)CCC(C)C. The summed E-state index contributed by atoms with van der Waals surface area (Å²) in [6.45, 7) is 12.0. The minimum absolute atomic E-state index is 0.251. The Kier molecular flexibility index (Phi) is 13.7. The highest BCUT2D eigenvalue weighted by Gasteiger charge is 2.21. The van der Waals surface area contributed by atoms with E-state index in [9.17, 15) is 0 Å². The molecule has 0 radical (unpaired) electrons. The molecule has 0 spiro atoms. The van der Waals surface area contributed by atoms with Gasteiger partial charge in [-0.15, -0.1) is 0 Å². The second-order valence-corrected chi connectivity index (χ2v) is 5.86. The van der Waals surface area contributed by atoms with Crippen LogP contribution < -0.4 is 0 Å². The molecule has 0 heterocycles. The summed E-state index contributed by atoms with van der Waals surface area (Å²) in [4.78, 5) is 21.2. The fourth-order valence-electron chi connectivity index (χ4n) is 1.57. The predicted octanol–water partition coefficient (Wildman–Crippen LogP) is 4.88. The normalized spacial score (nSPS) is 13.3. The molecule has 20 heavy (non-hydrogen) atoms. The van der Waals surface area contributed by atoms with E-state index in [2.05, 4.69) is 34.6 Å². The van der Waals surface area contributed by atoms with Crippen molar-refractivity contribution in [3.63, 3.8) is 0 Å². The molecule has 0 rings (SSSR count). The summed E-state index contributed by atoms with van der Waals surface area (Å²) in [5, 5.41) is 0. The van der Waals surface area contributed by atoms with Crippen molar-refractivity contribution in [2.75, 3.05) is 13.2 Å². The molecule has 4 nitrogen and oxygen atoms in total. The summed E-state index contributed by atoms with van der Waals surface area (Å²) >= 11 is 0. The summed E-state index contributed by atoms with van der Waals surface area (Å²) < 4.78 is 0. The quantitative estimate of drug-likeness (QED) is 0.198. The zero-order valence-electron chi connectivity index (χ0n) is 14.0. The Labute approximate surface area is 125 Å². The van der Waals surface area contributed by atoms with Gasteiger partial charge in [-0.3, -0.25) is 0 Å². The van der Waals surface area contributed by atoms with Crippen LogP contribution in [-0.4, -0.2) is 19.5 Å². The first-order chi connectivity index (χ1) is 9.61. The van der Waals surface area contributed by atoms with Crippen molar-refractivity contribution in [1.29, 1.82) is 0 Å². The lowest BCUT2D eigenvalue weighted by molar-refractivity contribution is -0.472. The Hall–Kier alpha value is -0.160. The molecule has 4 heteroatoms. The molecule has 1 atom stereocenters. The number of hydrogen-bond donors (Lipinski definition) is 0. The van der Waals surface area contributed by atoms with Gasteiger partial charge < -0.3 is 0 Å². The van der Waals surface area contributed by atoms with Crippen molar-refractivity contribution in [3.8, 4) is 0 Å². The van der Waals surface area contributed by atoms with Gasteiger partial charge in [-0.2, -0.15) is 0 Å². The van der Waals surface area contributed by atoms with Crippen LogP contribution in [0, 0.1) is 11.8 Å². The monoisotopic (exact) mass is 290 g/mol. The summed E-state index contributed by atoms with van der Waals surface area (Å²) in [6, 6.07) is 0. The van der Waals surface area contributed by atoms with E-state index in [0.717, 1.165) is 38.5 Å². The highest BCUT2D eigenvalue weighted by Crippen LogP contribution is 2.19. The maximum atomic E-state index is 5.37. The molecule has 0 aliphatic rings. The van der Waals surface area contributed by atoms with Crippen molar-refractivity contribution < 1.29 is 19.6 Å². The fraction of sp³-hybridized carbons (Fsp3) is 1.00. The van der Waals surface area contributed by atoms with E-state index >= 15 is 0 Å². The van der Waals surface area contributed by atoms with Gasteiger partial charge in [-0.05, 0) is 25.2 Å². The van der Waals surface area contributed by atoms with Crippen LogP contribution in [-0.2, 0) is 19.6 Å². The molecule has 0 saturated carbocycles. The van der Waals surface area contributed by atoms with E-state index < -0.39 is 6.29 Å². The van der Waals surface area contributed by atoms with Crippen molar-refractivity contribution in [2.24, 2.45) is 11.8 Å². The highest BCUT2D eigenvalue weighted by molar-refractivity contribution is 4.57. The van der Waals surface area contributed by atoms with E-state index in [1.807, 2.05) is 0 Å². The first kappa shape index (κ1) is 19.8. The summed E-state index contributed by atoms with van der Waals surface area (Å²) in [6.07, 6.45) is 5.90. The number of rotatable bonds is 14. The van der Waals surface area contributed by atoms with Gasteiger partial charge in [0.15, 0.2) is 0 Å². The van der Waals surface area contributed by atoms with Crippen LogP contribution in [0.5, 0.6) is 0 Å². The molecule has 0 fully saturated rings. The standard InChI is InChI=1S/C16H34O4/c1-6-8-12-17-19-16(20-18-13-9-7-2)15(5)11-10-14(3)4/h14-16H,6-13H2,1-5H3. The summed E-state index contributed by atoms with van der Waals surface area (Å²) in [7, 11) is 0. The Morgan fingerprint density at radius 2 is 1.25 bits per heavy atom. The largest absolute Gasteiger partial charge is 0.234 e. The molecule has 0 aromatic rings. The van der Waals surface area contributed by atoms with Crippen molar-refractivity contribution in [1.82, 2.24) is 0 Å². The molecule has 0 amide bonds. The minimum Gasteiger partial charge on any atom is -0.234 e. The van der Waals surface area contributed by atoms with Gasteiger partial charge in [0.05, 0.1) is 13.2 Å². The average molecular weight is 290 g/mol. The fourth-order valence-corrected chi connectivity index (χ4v) is 1.57. The molecule has 0 aliphatic carbocycles. The van der Waals surface area contributed by atoms with Crippen LogP contribution in [0.15, 0.2) is 0 Å². The summed E-state index contributed by atoms with van der Waals surface area (Å²) in [5.74, 6) is 0.931. The summed E-state index contributed by atoms with van der Waals surface area (Å²) in [5.41, 5.74) is 0. The van der Waals surface area contributed by atoms with E-state index in [-0.39, 0.29) is 5.92 Å². The predicted molar refractivity (Wildman–Crippen MR) is 80.9 cm³/mol. The van der Waals surface area contributed by atoms with Gasteiger partial charge in [0.25, 0.3) is 0 Å². The number of hydrogen-bond acceptors (Lipinski definition) is 4. The van der Waals surface area contributed by atoms with Gasteiger partial charge >= 0.3 is 0 Å². The minimum atomic E-state index is -0.442. The third-order valence-corrected chi connectivity index (χ3v) is 3.15. The molecular weight excluding hydrogens is 256 g/mol. The maximum Gasteiger partial charge on any atom is 0.226 e. The third kappa shape index (κ3) is 11.6. The second kappa shape index (κ2) is 13.8. The highest BCUT2D eigenvalue weighted by atomic mass is 17.3. The Morgan fingerprint density at radius 3 is 1.65 bits per heavy atom. The molecular formula is C16H34O4. The lowest BCUT2D eigenvalue weighted by Crippen LogP contribution is -2.26. The third-order valence-electron chi connectivity index (χ3n) is 3.15. The van der Waals surface area contributed by atoms with Crippen LogP contribution in [0.1, 0.15) is 73.1 Å². The Bertz CT molecular complexity index is 185. The average Bonchev–Trinajstić information content (AvgIpc) is 2.43. The molecule has 122 valence electrons. The van der Waals surface area contributed by atoms with Gasteiger partial charge in [0, 0.05) is 5.92 Å². The van der Waals surface area contributed by atoms with E-state index in [4.69, 9.17) is 19.6 Å². The lowest BCUT2D eigenvalue weighted by atomic mass is 9.99. The first-order valence-electron chi connectivity index (χ1n) is 8.18. The molecule has 0 bridgehead atoms. The van der Waals surface area contributed by atoms with E-state index in [1.54, 1.807) is 0 Å². The smallest absolute Gasteiger partial charge is 0.226 e. The zero-order valence-corrected chi connectivity index (χ0v) is 14.0. The van der Waals surface area contributed by atoms with Crippen molar-refractivity contribution >= 4 is 0 Å². The molecule has 0 aromatic carbocycles. The topological polar surface area (TPSA) is 36.9 Å². The van der Waals surface area contributed by atoms with Crippen LogP contribution in [0.4, 0.5) is 0 Å². The molecule has 0 saturated heterocycles. The van der Waals surface area contributed by atoms with Gasteiger partial charge in [0.2, 0.25) is 6.29 Å². The molecule has 0 aliphatic heterocycles. The zero-order chi connectivity index (χ0) is 15.2. The van der Waals surface area contributed by atoms with Gasteiger partial charge in [0.1, 0.15) is 0 Å².